The molecule has 4 heteroatoms. The highest BCUT2D eigenvalue weighted by atomic mass is 79.9. The van der Waals surface area contributed by atoms with Crippen molar-refractivity contribution in [3.05, 3.63) is 33.7 Å². The Morgan fingerprint density at radius 3 is 2.62 bits per heavy atom. The molecule has 0 fully saturated rings. The average molecular weight is 241 g/mol. The number of aromatic amines is 1. The number of halogens is 1. The molecule has 0 unspecified atom stereocenters. The zero-order valence-corrected chi connectivity index (χ0v) is 8.97. The van der Waals surface area contributed by atoms with Crippen LogP contribution < -0.4 is 5.69 Å². The quantitative estimate of drug-likeness (QED) is 0.753. The van der Waals surface area contributed by atoms with Crippen LogP contribution in [-0.4, -0.2) is 8.58 Å². The Hall–Kier alpha value is -1.03. The summed E-state index contributed by atoms with van der Waals surface area (Å²) in [6.07, 6.45) is 0. The number of aryl methyl sites for hydroxylation is 2. The number of H-pyrrole nitrogens is 1. The first-order valence-electron chi connectivity index (χ1n) is 3.98. The van der Waals surface area contributed by atoms with Crippen LogP contribution in [0.15, 0.2) is 16.9 Å². The van der Waals surface area contributed by atoms with Crippen molar-refractivity contribution in [2.45, 2.75) is 13.8 Å². The highest BCUT2D eigenvalue weighted by Crippen LogP contribution is 2.17. The van der Waals surface area contributed by atoms with Crippen LogP contribution in [-0.2, 0) is 0 Å². The van der Waals surface area contributed by atoms with Crippen molar-refractivity contribution in [2.75, 3.05) is 0 Å². The summed E-state index contributed by atoms with van der Waals surface area (Å²) in [5.41, 5.74) is 3.97. The molecule has 0 spiro atoms. The standard InChI is InChI=1S/C9H9BrN2O/c1-5-3-7-8(4-6(5)2)12(10)9(13)11-7/h3-4H,1-2H3,(H,11,13). The van der Waals surface area contributed by atoms with Gasteiger partial charge in [-0.3, -0.25) is 0 Å². The van der Waals surface area contributed by atoms with E-state index >= 15 is 0 Å². The van der Waals surface area contributed by atoms with Crippen molar-refractivity contribution in [1.29, 1.82) is 0 Å². The molecular formula is C9H9BrN2O. The maximum atomic E-state index is 11.2. The Labute approximate surface area is 83.7 Å². The van der Waals surface area contributed by atoms with Gasteiger partial charge < -0.3 is 4.98 Å². The fourth-order valence-corrected chi connectivity index (χ4v) is 1.72. The minimum absolute atomic E-state index is 0.139. The van der Waals surface area contributed by atoms with E-state index < -0.39 is 0 Å². The average Bonchev–Trinajstić information content (AvgIpc) is 2.32. The van der Waals surface area contributed by atoms with Crippen LogP contribution in [0.1, 0.15) is 11.1 Å². The highest BCUT2D eigenvalue weighted by Gasteiger charge is 2.05. The molecular weight excluding hydrogens is 232 g/mol. The van der Waals surface area contributed by atoms with Crippen LogP contribution in [0, 0.1) is 13.8 Å². The molecule has 3 nitrogen and oxygen atoms in total. The lowest BCUT2D eigenvalue weighted by Gasteiger charge is -1.99. The molecule has 68 valence electrons. The predicted octanol–water partition coefficient (Wildman–Crippen LogP) is 2.10. The third-order valence-corrected chi connectivity index (χ3v) is 2.95. The Balaban J connectivity index is 2.97. The predicted molar refractivity (Wildman–Crippen MR) is 56.4 cm³/mol. The third-order valence-electron chi connectivity index (χ3n) is 2.24. The molecule has 0 aliphatic rings. The molecule has 0 radical (unpaired) electrons. The fourth-order valence-electron chi connectivity index (χ4n) is 1.34. The molecule has 0 saturated carbocycles. The van der Waals surface area contributed by atoms with E-state index in [4.69, 9.17) is 0 Å². The van der Waals surface area contributed by atoms with E-state index in [0.717, 1.165) is 11.0 Å². The number of fused-ring (bicyclic) bond motifs is 1. The number of imidazole rings is 1. The lowest BCUT2D eigenvalue weighted by Crippen LogP contribution is -2.06. The molecule has 1 N–H and O–H groups in total. The Bertz CT molecular complexity index is 524. The lowest BCUT2D eigenvalue weighted by atomic mass is 10.1. The zero-order chi connectivity index (χ0) is 9.59. The summed E-state index contributed by atoms with van der Waals surface area (Å²) in [7, 11) is 0. The van der Waals surface area contributed by atoms with Crippen LogP contribution in [0.2, 0.25) is 0 Å². The number of benzene rings is 1. The molecule has 0 bridgehead atoms. The first kappa shape index (κ1) is 8.56. The van der Waals surface area contributed by atoms with Gasteiger partial charge in [-0.25, -0.2) is 8.39 Å². The molecule has 1 aromatic heterocycles. The normalized spacial score (nSPS) is 11.0. The summed E-state index contributed by atoms with van der Waals surface area (Å²) < 4.78 is 1.44. The second-order valence-corrected chi connectivity index (χ2v) is 3.87. The van der Waals surface area contributed by atoms with Gasteiger partial charge in [0.2, 0.25) is 0 Å². The van der Waals surface area contributed by atoms with Crippen molar-refractivity contribution in [1.82, 2.24) is 8.58 Å². The number of rotatable bonds is 0. The van der Waals surface area contributed by atoms with Crippen LogP contribution >= 0.6 is 16.1 Å². The topological polar surface area (TPSA) is 37.8 Å². The summed E-state index contributed by atoms with van der Waals surface area (Å²) in [5.74, 6) is 0. The van der Waals surface area contributed by atoms with Gasteiger partial charge in [0.15, 0.2) is 0 Å². The summed E-state index contributed by atoms with van der Waals surface area (Å²) in [6.45, 7) is 4.05. The van der Waals surface area contributed by atoms with Crippen LogP contribution in [0.3, 0.4) is 0 Å². The molecule has 0 amide bonds. The second kappa shape index (κ2) is 2.73. The molecule has 0 aliphatic heterocycles. The van der Waals surface area contributed by atoms with E-state index in [1.54, 1.807) is 0 Å². The van der Waals surface area contributed by atoms with Crippen LogP contribution in [0.25, 0.3) is 11.0 Å². The SMILES string of the molecule is Cc1cc2[nH]c(=O)n(Br)c2cc1C. The monoisotopic (exact) mass is 240 g/mol. The van der Waals surface area contributed by atoms with Crippen LogP contribution in [0.5, 0.6) is 0 Å². The van der Waals surface area contributed by atoms with Gasteiger partial charge in [0.05, 0.1) is 27.2 Å². The molecule has 1 heterocycles. The van der Waals surface area contributed by atoms with E-state index in [9.17, 15) is 4.79 Å². The largest absolute Gasteiger partial charge is 0.336 e. The second-order valence-electron chi connectivity index (χ2n) is 3.16. The number of nitrogens with zero attached hydrogens (tertiary/aromatic N) is 1. The molecule has 2 aromatic rings. The van der Waals surface area contributed by atoms with Gasteiger partial charge in [-0.2, -0.15) is 0 Å². The summed E-state index contributed by atoms with van der Waals surface area (Å²) >= 11 is 3.18. The number of hydrogen-bond acceptors (Lipinski definition) is 1. The van der Waals surface area contributed by atoms with Crippen molar-refractivity contribution < 1.29 is 0 Å². The number of nitrogens with one attached hydrogen (secondary N) is 1. The maximum Gasteiger partial charge on any atom is 0.336 e. The van der Waals surface area contributed by atoms with Crippen molar-refractivity contribution >= 4 is 27.2 Å². The summed E-state index contributed by atoms with van der Waals surface area (Å²) in [5, 5.41) is 0. The number of aromatic nitrogens is 2. The summed E-state index contributed by atoms with van der Waals surface area (Å²) in [6, 6.07) is 3.96. The third kappa shape index (κ3) is 1.21. The molecule has 1 aromatic carbocycles. The molecule has 2 rings (SSSR count). The van der Waals surface area contributed by atoms with E-state index in [1.165, 1.54) is 14.7 Å². The molecule has 0 atom stereocenters. The van der Waals surface area contributed by atoms with Gasteiger partial charge in [-0.1, -0.05) is 0 Å². The molecule has 0 saturated heterocycles. The Morgan fingerprint density at radius 1 is 1.31 bits per heavy atom. The van der Waals surface area contributed by atoms with Crippen molar-refractivity contribution in [3.63, 3.8) is 0 Å². The molecule has 0 aliphatic carbocycles. The van der Waals surface area contributed by atoms with E-state index in [1.807, 2.05) is 26.0 Å². The lowest BCUT2D eigenvalue weighted by molar-refractivity contribution is 1.17. The summed E-state index contributed by atoms with van der Waals surface area (Å²) in [4.78, 5) is 14.0. The van der Waals surface area contributed by atoms with Crippen LogP contribution in [0.4, 0.5) is 0 Å². The Kier molecular flexibility index (Phi) is 1.80. The van der Waals surface area contributed by atoms with Crippen molar-refractivity contribution in [2.24, 2.45) is 0 Å². The van der Waals surface area contributed by atoms with Gasteiger partial charge >= 0.3 is 5.69 Å². The minimum atomic E-state index is -0.139. The first-order chi connectivity index (χ1) is 6.09. The highest BCUT2D eigenvalue weighted by molar-refractivity contribution is 9.08. The van der Waals surface area contributed by atoms with Crippen molar-refractivity contribution in [3.8, 4) is 0 Å². The van der Waals surface area contributed by atoms with Gasteiger partial charge in [-0.15, -0.1) is 0 Å². The minimum Gasteiger partial charge on any atom is -0.305 e. The van der Waals surface area contributed by atoms with E-state index in [2.05, 4.69) is 21.1 Å². The van der Waals surface area contributed by atoms with Gasteiger partial charge in [0.25, 0.3) is 0 Å². The van der Waals surface area contributed by atoms with Gasteiger partial charge in [0.1, 0.15) is 0 Å². The van der Waals surface area contributed by atoms with Gasteiger partial charge in [-0.05, 0) is 37.1 Å². The smallest absolute Gasteiger partial charge is 0.305 e. The number of hydrogen-bond donors (Lipinski definition) is 1. The molecule has 13 heavy (non-hydrogen) atoms. The zero-order valence-electron chi connectivity index (χ0n) is 7.39. The van der Waals surface area contributed by atoms with Gasteiger partial charge in [0, 0.05) is 0 Å². The first-order valence-corrected chi connectivity index (χ1v) is 4.68. The van der Waals surface area contributed by atoms with E-state index in [-0.39, 0.29) is 5.69 Å². The maximum absolute atomic E-state index is 11.2. The fraction of sp³-hybridized carbons (Fsp3) is 0.222. The Morgan fingerprint density at radius 2 is 1.92 bits per heavy atom. The van der Waals surface area contributed by atoms with E-state index in [0.29, 0.717) is 0 Å².